The molecule has 0 bridgehead atoms. The van der Waals surface area contributed by atoms with E-state index >= 15 is 0 Å². The fourth-order valence-corrected chi connectivity index (χ4v) is 9.58. The van der Waals surface area contributed by atoms with Crippen molar-refractivity contribution >= 4 is 76.9 Å². The van der Waals surface area contributed by atoms with Gasteiger partial charge in [0.25, 0.3) is 0 Å². The molecule has 1 aromatic carbocycles. The second-order valence-electron chi connectivity index (χ2n) is 22.9. The van der Waals surface area contributed by atoms with Crippen molar-refractivity contribution in [2.24, 2.45) is 40.1 Å². The maximum absolute atomic E-state index is 14.4. The molecule has 19 N–H and O–H groups in total. The Morgan fingerprint density at radius 3 is 1.58 bits per heavy atom. The van der Waals surface area contributed by atoms with E-state index < -0.39 is 205 Å². The highest BCUT2D eigenvalue weighted by atomic mass is 16.5. The zero-order valence-corrected chi connectivity index (χ0v) is 52.6. The molecule has 0 saturated carbocycles. The Bertz CT molecular complexity index is 2650. The highest BCUT2D eigenvalue weighted by molar-refractivity contribution is 6.00. The number of likely N-dealkylation sites (N-methyl/N-ethyl adjacent to an activating group) is 1. The number of aliphatic hydroxyl groups excluding tert-OH is 3. The first-order valence-electron chi connectivity index (χ1n) is 30.2. The number of esters is 1. The first kappa shape index (κ1) is 75.2. The zero-order valence-electron chi connectivity index (χ0n) is 52.6. The summed E-state index contributed by atoms with van der Waals surface area (Å²) >= 11 is 0. The van der Waals surface area contributed by atoms with Gasteiger partial charge in [0, 0.05) is 6.42 Å². The van der Waals surface area contributed by atoms with Crippen LogP contribution in [0, 0.1) is 23.7 Å². The summed E-state index contributed by atoms with van der Waals surface area (Å²) < 4.78 is 5.72. The van der Waals surface area contributed by atoms with Crippen LogP contribution in [0.3, 0.4) is 0 Å². The summed E-state index contributed by atoms with van der Waals surface area (Å²) in [7, 11) is 1.45. The van der Waals surface area contributed by atoms with Crippen molar-refractivity contribution in [2.45, 2.75) is 199 Å². The van der Waals surface area contributed by atoms with Crippen LogP contribution >= 0.6 is 0 Å². The molecule has 1 fully saturated rings. The second kappa shape index (κ2) is 36.5. The molecule has 2 aliphatic rings. The number of nitrogens with zero attached hydrogens (tertiary/aromatic N) is 1. The van der Waals surface area contributed by atoms with Crippen LogP contribution in [0.15, 0.2) is 35.3 Å². The average molecular weight is 1260 g/mol. The number of carbonyl (C=O) groups excluding carboxylic acids is 12. The van der Waals surface area contributed by atoms with Crippen LogP contribution < -0.4 is 75.3 Å². The Kier molecular flexibility index (Phi) is 30.8. The number of primary amides is 1. The Morgan fingerprint density at radius 2 is 1.11 bits per heavy atom. The van der Waals surface area contributed by atoms with Crippen molar-refractivity contribution < 1.29 is 77.6 Å². The van der Waals surface area contributed by atoms with Gasteiger partial charge in [-0.25, -0.2) is 4.79 Å². The topological polar surface area (TPSA) is 484 Å². The maximum Gasteiger partial charge on any atom is 0.329 e. The second-order valence-corrected chi connectivity index (χ2v) is 22.9. The molecule has 0 radical (unpaired) electrons. The number of carbonyl (C=O) groups is 12. The van der Waals surface area contributed by atoms with Gasteiger partial charge in [-0.1, -0.05) is 111 Å². The summed E-state index contributed by atoms with van der Waals surface area (Å²) in [6.45, 7) is 14.1. The van der Waals surface area contributed by atoms with Gasteiger partial charge in [0.15, 0.2) is 5.96 Å². The summed E-state index contributed by atoms with van der Waals surface area (Å²) in [6, 6.07) is -8.47. The minimum Gasteiger partial charge on any atom is -0.458 e. The molecule has 0 aromatic heterocycles. The number of ether oxygens (including phenoxy) is 1. The largest absolute Gasteiger partial charge is 0.458 e. The molecular weight excluding hydrogens is 1160 g/mol. The minimum atomic E-state index is -1.83. The monoisotopic (exact) mass is 1260 g/mol. The summed E-state index contributed by atoms with van der Waals surface area (Å²) in [5, 5.41) is 62.8. The molecule has 31 nitrogen and oxygen atoms in total. The maximum atomic E-state index is 14.4. The molecule has 1 saturated heterocycles. The number of hydrogen-bond acceptors (Lipinski definition) is 20. The smallest absolute Gasteiger partial charge is 0.329 e. The number of hydrogen-bond donors (Lipinski definition) is 17. The Morgan fingerprint density at radius 1 is 0.629 bits per heavy atom. The molecule has 3 rings (SSSR count). The van der Waals surface area contributed by atoms with E-state index in [9.17, 15) is 72.9 Å². The molecule has 1 unspecified atom stereocenters. The Labute approximate surface area is 518 Å². The van der Waals surface area contributed by atoms with Gasteiger partial charge in [-0.15, -0.1) is 0 Å². The van der Waals surface area contributed by atoms with Crippen molar-refractivity contribution in [1.82, 2.24) is 63.8 Å². The quantitative estimate of drug-likeness (QED) is 0.0301. The van der Waals surface area contributed by atoms with Gasteiger partial charge in [0.05, 0.1) is 25.8 Å². The SMILES string of the molecule is CC[C@H](C)[C@H](NC(=O)[C@H](NC)C(O)c1ccccc1)C(=O)N[C@@H](CO)C(=O)N[C@H](CCC(N)=O)C(=O)N[C@@H](C(=O)N[C@H](C(=O)N[C@@H](CO)C(=O)N[C@H]1C(=O)N[C@@H](C)C(=O)N[C@@H](C[C@H]2CN=C(N)N2)C(=O)N[C@@H]([C@@H](C)CC)C(=O)O[C@H]1C)[C@@H](C)CC)[C@@H](C)CC. The van der Waals surface area contributed by atoms with Gasteiger partial charge in [0.2, 0.25) is 65.0 Å². The third-order valence-electron chi connectivity index (χ3n) is 16.2. The number of benzene rings is 1. The molecule has 89 heavy (non-hydrogen) atoms. The number of aliphatic hydroxyl groups is 3. The van der Waals surface area contributed by atoms with Crippen molar-refractivity contribution in [1.29, 1.82) is 0 Å². The lowest BCUT2D eigenvalue weighted by atomic mass is 9.94. The molecule has 31 heteroatoms. The predicted octanol–water partition coefficient (Wildman–Crippen LogP) is -4.77. The molecule has 0 aliphatic carbocycles. The third kappa shape index (κ3) is 22.2. The van der Waals surface area contributed by atoms with Crippen molar-refractivity contribution in [3.05, 3.63) is 35.9 Å². The fourth-order valence-electron chi connectivity index (χ4n) is 9.58. The number of amides is 11. The van der Waals surface area contributed by atoms with E-state index in [0.29, 0.717) is 18.4 Å². The molecular formula is C58H95N15O16. The van der Waals surface area contributed by atoms with E-state index in [2.05, 4.69) is 68.8 Å². The van der Waals surface area contributed by atoms with Gasteiger partial charge < -0.3 is 95.3 Å². The predicted molar refractivity (Wildman–Crippen MR) is 323 cm³/mol. The normalized spacial score (nSPS) is 23.0. The van der Waals surface area contributed by atoms with Crippen LogP contribution in [0.1, 0.15) is 126 Å². The summed E-state index contributed by atoms with van der Waals surface area (Å²) in [4.78, 5) is 170. The average Bonchev–Trinajstić information content (AvgIpc) is 4.19. The zero-order chi connectivity index (χ0) is 67.0. The van der Waals surface area contributed by atoms with Crippen LogP contribution in [0.4, 0.5) is 0 Å². The van der Waals surface area contributed by atoms with E-state index in [1.165, 1.54) is 20.9 Å². The van der Waals surface area contributed by atoms with Gasteiger partial charge in [-0.05, 0) is 63.0 Å². The summed E-state index contributed by atoms with van der Waals surface area (Å²) in [5.74, 6) is -13.7. The van der Waals surface area contributed by atoms with Crippen LogP contribution in [0.5, 0.6) is 0 Å². The van der Waals surface area contributed by atoms with E-state index in [4.69, 9.17) is 16.2 Å². The molecule has 11 amide bonds. The lowest BCUT2D eigenvalue weighted by molar-refractivity contribution is -0.157. The number of guanidine groups is 1. The number of nitrogens with two attached hydrogens (primary N) is 2. The van der Waals surface area contributed by atoms with Crippen molar-refractivity contribution in [3.8, 4) is 0 Å². The van der Waals surface area contributed by atoms with Crippen molar-refractivity contribution in [3.63, 3.8) is 0 Å². The highest BCUT2D eigenvalue weighted by Crippen LogP contribution is 2.20. The minimum absolute atomic E-state index is 0.0149. The van der Waals surface area contributed by atoms with Gasteiger partial charge in [-0.2, -0.15) is 0 Å². The van der Waals surface area contributed by atoms with Crippen LogP contribution in [0.2, 0.25) is 0 Å². The van der Waals surface area contributed by atoms with E-state index in [1.807, 2.05) is 0 Å². The Hall–Kier alpha value is -8.03. The standard InChI is InChI=1S/C58H95N15O16/c1-12-27(5)40(52(83)68-38(26-75)51(82)73-44-32(10)89-57(88)43(30(8)15-4)72-49(80)36(23-34-24-62-58(60)64-34)66-47(78)31(9)63-55(44)86)70-54(85)42(29(7)14-3)69-48(79)35(21-22-39(59)76)65-50(81)37(25-74)67-53(84)41(28(6)13-2)71-56(87)45(61-11)46(77)33-19-17-16-18-20-33/h16-20,27-32,34-38,40-46,61,74-75,77H,12-15,21-26H2,1-11H3,(H2,59,76)(H,63,86)(H,65,81)(H,66,78)(H,67,84)(H,68,83)(H,69,79)(H,70,85)(H,71,87)(H,72,80)(H,73,82)(H3,60,62,64)/t27-,28-,29-,30-,31-,32-,34-,35+,36-,37-,38-,40-,41-,42+,43-,44+,45+,46?/m0/s1. The highest BCUT2D eigenvalue weighted by Gasteiger charge is 2.42. The lowest BCUT2D eigenvalue weighted by Gasteiger charge is -2.31. The van der Waals surface area contributed by atoms with E-state index in [1.54, 1.807) is 85.7 Å². The summed E-state index contributed by atoms with van der Waals surface area (Å²) in [6.07, 6.45) is -2.53. The van der Waals surface area contributed by atoms with Crippen LogP contribution in [0.25, 0.3) is 0 Å². The van der Waals surface area contributed by atoms with Gasteiger partial charge in [0.1, 0.15) is 78.7 Å². The van der Waals surface area contributed by atoms with Crippen molar-refractivity contribution in [2.75, 3.05) is 26.8 Å². The third-order valence-corrected chi connectivity index (χ3v) is 16.2. The van der Waals surface area contributed by atoms with Gasteiger partial charge >= 0.3 is 5.97 Å². The molecule has 498 valence electrons. The fraction of sp³-hybridized carbons (Fsp3) is 0.672. The molecule has 2 heterocycles. The molecule has 2 aliphatic heterocycles. The summed E-state index contributed by atoms with van der Waals surface area (Å²) in [5.41, 5.74) is 11.6. The molecule has 0 spiro atoms. The van der Waals surface area contributed by atoms with Crippen LogP contribution in [-0.2, 0) is 62.3 Å². The number of nitrogens with one attached hydrogen (secondary N) is 12. The molecule has 18 atom stereocenters. The van der Waals surface area contributed by atoms with E-state index in [0.717, 1.165) is 0 Å². The first-order chi connectivity index (χ1) is 42.0. The van der Waals surface area contributed by atoms with E-state index in [-0.39, 0.29) is 31.8 Å². The number of rotatable bonds is 32. The number of cyclic esters (lactones) is 1. The first-order valence-corrected chi connectivity index (χ1v) is 30.2. The Balaban J connectivity index is 1.85. The number of aliphatic imine (C=N–C) groups is 1. The van der Waals surface area contributed by atoms with Crippen LogP contribution in [-0.4, -0.2) is 198 Å². The lowest BCUT2D eigenvalue weighted by Crippen LogP contribution is -2.63. The molecule has 1 aromatic rings. The van der Waals surface area contributed by atoms with Gasteiger partial charge in [-0.3, -0.25) is 57.7 Å².